The topological polar surface area (TPSA) is 87.3 Å². The van der Waals surface area contributed by atoms with Crippen LogP contribution >= 0.6 is 0 Å². The lowest BCUT2D eigenvalue weighted by atomic mass is 10.1. The number of amides is 1. The number of nitrogens with one attached hydrogen (secondary N) is 3. The van der Waals surface area contributed by atoms with Gasteiger partial charge >= 0.3 is 0 Å². The number of aryl methyl sites for hydroxylation is 2. The van der Waals surface area contributed by atoms with E-state index in [1.165, 1.54) is 12.1 Å². The maximum atomic E-state index is 12.7. The lowest BCUT2D eigenvalue weighted by molar-refractivity contribution is 0.0949. The Morgan fingerprint density at radius 2 is 1.74 bits per heavy atom. The molecule has 0 radical (unpaired) electrons. The first kappa shape index (κ1) is 20.9. The van der Waals surface area contributed by atoms with E-state index in [0.717, 1.165) is 17.7 Å². The summed E-state index contributed by atoms with van der Waals surface area (Å²) in [6, 6.07) is 11.8. The minimum Gasteiger partial charge on any atom is -0.350 e. The van der Waals surface area contributed by atoms with Crippen LogP contribution in [0.1, 0.15) is 35.3 Å². The monoisotopic (exact) mass is 389 g/mol. The van der Waals surface area contributed by atoms with Crippen LogP contribution in [0.5, 0.6) is 0 Å². The summed E-state index contributed by atoms with van der Waals surface area (Å²) in [5.41, 5.74) is 2.59. The highest BCUT2D eigenvalue weighted by Gasteiger charge is 2.18. The number of rotatable bonds is 8. The zero-order valence-corrected chi connectivity index (χ0v) is 17.0. The van der Waals surface area contributed by atoms with Gasteiger partial charge in [0, 0.05) is 23.8 Å². The zero-order chi connectivity index (χ0) is 20.0. The number of sulfonamides is 1. The smallest absolute Gasteiger partial charge is 0.261 e. The summed E-state index contributed by atoms with van der Waals surface area (Å²) in [6.07, 6.45) is 0. The molecule has 2 aromatic carbocycles. The molecule has 3 N–H and O–H groups in total. The van der Waals surface area contributed by atoms with E-state index in [2.05, 4.69) is 15.4 Å². The quantitative estimate of drug-likeness (QED) is 0.648. The average molecular weight is 390 g/mol. The Balaban J connectivity index is 2.19. The molecule has 6 nitrogen and oxygen atoms in total. The van der Waals surface area contributed by atoms with Gasteiger partial charge in [0.05, 0.1) is 4.90 Å². The average Bonchev–Trinajstić information content (AvgIpc) is 2.62. The predicted octanol–water partition coefficient (Wildman–Crippen LogP) is 2.83. The summed E-state index contributed by atoms with van der Waals surface area (Å²) in [6.45, 7) is 8.96. The summed E-state index contributed by atoms with van der Waals surface area (Å²) < 4.78 is 27.9. The van der Waals surface area contributed by atoms with Gasteiger partial charge in [-0.25, -0.2) is 8.42 Å². The predicted molar refractivity (Wildman–Crippen MR) is 109 cm³/mol. The van der Waals surface area contributed by atoms with Crippen LogP contribution in [-0.4, -0.2) is 33.5 Å². The fourth-order valence-electron chi connectivity index (χ4n) is 2.61. The summed E-state index contributed by atoms with van der Waals surface area (Å²) >= 11 is 0. The Morgan fingerprint density at radius 1 is 1.07 bits per heavy atom. The third kappa shape index (κ3) is 5.80. The van der Waals surface area contributed by atoms with Crippen molar-refractivity contribution in [3.8, 4) is 0 Å². The minimum atomic E-state index is -3.78. The molecule has 0 aliphatic heterocycles. The molecule has 1 amide bonds. The van der Waals surface area contributed by atoms with Gasteiger partial charge in [0.15, 0.2) is 0 Å². The van der Waals surface area contributed by atoms with Crippen molar-refractivity contribution in [3.63, 3.8) is 0 Å². The Hall–Kier alpha value is -2.38. The SMILES string of the molecule is CCN[C@H](C)CNC(=O)c1cc(S(=O)(=O)Nc2ccc(C)cc2)ccc1C. The molecule has 0 saturated heterocycles. The van der Waals surface area contributed by atoms with E-state index in [-0.39, 0.29) is 16.8 Å². The highest BCUT2D eigenvalue weighted by Crippen LogP contribution is 2.19. The summed E-state index contributed by atoms with van der Waals surface area (Å²) in [5, 5.41) is 6.06. The van der Waals surface area contributed by atoms with Crippen LogP contribution < -0.4 is 15.4 Å². The molecular weight excluding hydrogens is 362 g/mol. The van der Waals surface area contributed by atoms with Crippen LogP contribution in [0.3, 0.4) is 0 Å². The highest BCUT2D eigenvalue weighted by molar-refractivity contribution is 7.92. The maximum Gasteiger partial charge on any atom is 0.261 e. The third-order valence-electron chi connectivity index (χ3n) is 4.19. The molecule has 0 aromatic heterocycles. The van der Waals surface area contributed by atoms with Crippen LogP contribution in [0.15, 0.2) is 47.4 Å². The van der Waals surface area contributed by atoms with Crippen molar-refractivity contribution in [2.75, 3.05) is 17.8 Å². The first-order valence-corrected chi connectivity index (χ1v) is 10.4. The second kappa shape index (κ2) is 9.01. The van der Waals surface area contributed by atoms with Gasteiger partial charge in [0.1, 0.15) is 0 Å². The Kier molecular flexibility index (Phi) is 6.98. The van der Waals surface area contributed by atoms with Gasteiger partial charge in [-0.1, -0.05) is 30.7 Å². The largest absolute Gasteiger partial charge is 0.350 e. The zero-order valence-electron chi connectivity index (χ0n) is 16.2. The molecule has 0 spiro atoms. The van der Waals surface area contributed by atoms with Gasteiger partial charge in [-0.2, -0.15) is 0 Å². The third-order valence-corrected chi connectivity index (χ3v) is 5.57. The molecular formula is C20H27N3O3S. The molecule has 0 aliphatic rings. The van der Waals surface area contributed by atoms with E-state index in [1.807, 2.05) is 32.9 Å². The van der Waals surface area contributed by atoms with Crippen molar-refractivity contribution < 1.29 is 13.2 Å². The number of benzene rings is 2. The van der Waals surface area contributed by atoms with Crippen LogP contribution in [0.2, 0.25) is 0 Å². The molecule has 0 heterocycles. The fourth-order valence-corrected chi connectivity index (χ4v) is 3.69. The summed E-state index contributed by atoms with van der Waals surface area (Å²) in [7, 11) is -3.78. The van der Waals surface area contributed by atoms with Crippen LogP contribution in [0, 0.1) is 13.8 Å². The maximum absolute atomic E-state index is 12.7. The second-order valence-corrected chi connectivity index (χ2v) is 8.30. The standard InChI is InChI=1S/C20H27N3O3S/c1-5-21-16(4)13-22-20(24)19-12-18(11-8-15(19)3)27(25,26)23-17-9-6-14(2)7-10-17/h6-12,16,21,23H,5,13H2,1-4H3,(H,22,24)/t16-/m1/s1. The van der Waals surface area contributed by atoms with Crippen molar-refractivity contribution in [1.82, 2.24) is 10.6 Å². The highest BCUT2D eigenvalue weighted by atomic mass is 32.2. The Morgan fingerprint density at radius 3 is 2.37 bits per heavy atom. The molecule has 0 fully saturated rings. The van der Waals surface area contributed by atoms with Gasteiger partial charge in [0.2, 0.25) is 0 Å². The molecule has 146 valence electrons. The number of likely N-dealkylation sites (N-methyl/N-ethyl adjacent to an activating group) is 1. The van der Waals surface area contributed by atoms with Gasteiger partial charge in [-0.05, 0) is 57.1 Å². The molecule has 2 rings (SSSR count). The first-order chi connectivity index (χ1) is 12.7. The van der Waals surface area contributed by atoms with E-state index < -0.39 is 10.0 Å². The minimum absolute atomic E-state index is 0.0542. The van der Waals surface area contributed by atoms with E-state index in [0.29, 0.717) is 17.8 Å². The molecule has 2 aromatic rings. The number of hydrogen-bond acceptors (Lipinski definition) is 4. The number of hydrogen-bond donors (Lipinski definition) is 3. The van der Waals surface area contributed by atoms with E-state index >= 15 is 0 Å². The van der Waals surface area contributed by atoms with Crippen molar-refractivity contribution in [2.24, 2.45) is 0 Å². The fraction of sp³-hybridized carbons (Fsp3) is 0.350. The summed E-state index contributed by atoms with van der Waals surface area (Å²) in [5.74, 6) is -0.287. The number of carbonyl (C=O) groups excluding carboxylic acids is 1. The Bertz CT molecular complexity index is 893. The molecule has 27 heavy (non-hydrogen) atoms. The van der Waals surface area contributed by atoms with E-state index in [4.69, 9.17) is 0 Å². The molecule has 0 bridgehead atoms. The normalized spacial score (nSPS) is 12.4. The number of carbonyl (C=O) groups is 1. The molecule has 1 atom stereocenters. The van der Waals surface area contributed by atoms with Gasteiger partial charge < -0.3 is 10.6 Å². The molecule has 0 unspecified atom stereocenters. The van der Waals surface area contributed by atoms with Crippen molar-refractivity contribution >= 4 is 21.6 Å². The molecule has 0 saturated carbocycles. The first-order valence-electron chi connectivity index (χ1n) is 8.94. The van der Waals surface area contributed by atoms with Gasteiger partial charge in [-0.15, -0.1) is 0 Å². The lowest BCUT2D eigenvalue weighted by Gasteiger charge is -2.15. The lowest BCUT2D eigenvalue weighted by Crippen LogP contribution is -2.39. The Labute approximate surface area is 161 Å². The van der Waals surface area contributed by atoms with E-state index in [1.54, 1.807) is 25.1 Å². The van der Waals surface area contributed by atoms with E-state index in [9.17, 15) is 13.2 Å². The second-order valence-electron chi connectivity index (χ2n) is 6.62. The van der Waals surface area contributed by atoms with Gasteiger partial charge in [0.25, 0.3) is 15.9 Å². The van der Waals surface area contributed by atoms with Crippen LogP contribution in [-0.2, 0) is 10.0 Å². The summed E-state index contributed by atoms with van der Waals surface area (Å²) in [4.78, 5) is 12.5. The van der Waals surface area contributed by atoms with Crippen molar-refractivity contribution in [3.05, 3.63) is 59.2 Å². The van der Waals surface area contributed by atoms with Crippen LogP contribution in [0.4, 0.5) is 5.69 Å². The van der Waals surface area contributed by atoms with Crippen molar-refractivity contribution in [1.29, 1.82) is 0 Å². The van der Waals surface area contributed by atoms with Gasteiger partial charge in [-0.3, -0.25) is 9.52 Å². The van der Waals surface area contributed by atoms with Crippen LogP contribution in [0.25, 0.3) is 0 Å². The molecule has 7 heteroatoms. The van der Waals surface area contributed by atoms with Crippen molar-refractivity contribution in [2.45, 2.75) is 38.6 Å². The molecule has 0 aliphatic carbocycles. The number of anilines is 1.